The second-order valence-corrected chi connectivity index (χ2v) is 6.12. The van der Waals surface area contributed by atoms with Gasteiger partial charge in [0.05, 0.1) is 10.9 Å². The molecule has 0 saturated carbocycles. The summed E-state index contributed by atoms with van der Waals surface area (Å²) < 4.78 is 41.9. The van der Waals surface area contributed by atoms with Crippen molar-refractivity contribution < 1.29 is 13.2 Å². The Morgan fingerprint density at radius 2 is 1.69 bits per heavy atom. The number of nitrogens with zero attached hydrogens (tertiary/aromatic N) is 2. The molecule has 0 aliphatic rings. The van der Waals surface area contributed by atoms with Crippen LogP contribution < -0.4 is 5.43 Å². The highest BCUT2D eigenvalue weighted by molar-refractivity contribution is 5.92. The van der Waals surface area contributed by atoms with E-state index >= 15 is 0 Å². The maximum atomic E-state index is 13.6. The molecule has 0 N–H and O–H groups in total. The Morgan fingerprint density at radius 1 is 0.962 bits per heavy atom. The molecule has 0 saturated heterocycles. The van der Waals surface area contributed by atoms with Crippen LogP contribution in [0, 0.1) is 6.92 Å². The van der Waals surface area contributed by atoms with E-state index in [1.807, 2.05) is 13.0 Å². The molecule has 0 aliphatic heterocycles. The molecule has 0 spiro atoms. The number of alkyl halides is 3. The van der Waals surface area contributed by atoms with E-state index in [1.165, 1.54) is 0 Å². The van der Waals surface area contributed by atoms with Crippen LogP contribution in [0.2, 0.25) is 0 Å². The van der Waals surface area contributed by atoms with E-state index < -0.39 is 17.3 Å². The summed E-state index contributed by atoms with van der Waals surface area (Å²) in [5.41, 5.74) is 0.0273. The summed E-state index contributed by atoms with van der Waals surface area (Å²) in [6.07, 6.45) is -4.69. The maximum Gasteiger partial charge on any atom is 0.431 e. The third kappa shape index (κ3) is 2.63. The molecule has 4 rings (SSSR count). The molecular weight excluding hydrogens is 341 g/mol. The largest absolute Gasteiger partial charge is 0.431 e. The fourth-order valence-electron chi connectivity index (χ4n) is 3.05. The quantitative estimate of drug-likeness (QED) is 0.457. The van der Waals surface area contributed by atoms with Crippen molar-refractivity contribution >= 4 is 21.9 Å². The smallest absolute Gasteiger partial charge is 0.290 e. The van der Waals surface area contributed by atoms with Crippen LogP contribution in [0.5, 0.6) is 0 Å². The van der Waals surface area contributed by atoms with Crippen molar-refractivity contribution in [3.8, 4) is 5.69 Å². The van der Waals surface area contributed by atoms with Crippen LogP contribution >= 0.6 is 0 Å². The van der Waals surface area contributed by atoms with Crippen molar-refractivity contribution in [2.24, 2.45) is 0 Å². The number of hydrogen-bond donors (Lipinski definition) is 0. The first-order valence-electron chi connectivity index (χ1n) is 7.94. The fourth-order valence-corrected chi connectivity index (χ4v) is 3.05. The van der Waals surface area contributed by atoms with Gasteiger partial charge in [-0.3, -0.25) is 9.36 Å². The molecule has 0 radical (unpaired) electrons. The number of rotatable bonds is 1. The summed E-state index contributed by atoms with van der Waals surface area (Å²) in [4.78, 5) is 16.8. The molecule has 2 aromatic heterocycles. The van der Waals surface area contributed by atoms with Crippen molar-refractivity contribution in [2.45, 2.75) is 13.1 Å². The number of benzene rings is 2. The summed E-state index contributed by atoms with van der Waals surface area (Å²) in [6, 6.07) is 15.8. The monoisotopic (exact) mass is 354 g/mol. The van der Waals surface area contributed by atoms with Gasteiger partial charge in [0.15, 0.2) is 5.43 Å². The Morgan fingerprint density at radius 3 is 2.38 bits per heavy atom. The van der Waals surface area contributed by atoms with Crippen LogP contribution in [0.4, 0.5) is 13.2 Å². The van der Waals surface area contributed by atoms with Crippen molar-refractivity contribution in [1.82, 2.24) is 9.55 Å². The Kier molecular flexibility index (Phi) is 3.57. The molecule has 0 amide bonds. The van der Waals surface area contributed by atoms with Gasteiger partial charge in [-0.2, -0.15) is 13.2 Å². The van der Waals surface area contributed by atoms with E-state index in [-0.39, 0.29) is 11.0 Å². The second kappa shape index (κ2) is 5.69. The van der Waals surface area contributed by atoms with Crippen LogP contribution in [0.25, 0.3) is 27.6 Å². The first kappa shape index (κ1) is 16.3. The SMILES string of the molecule is Cc1ccc2cc3c(=O)cc(C(F)(F)F)n(-c4ccccc4)c3nc2c1. The predicted octanol–water partition coefficient (Wildman–Crippen LogP) is 4.87. The van der Waals surface area contributed by atoms with Crippen LogP contribution in [0.15, 0.2) is 65.5 Å². The first-order valence-corrected chi connectivity index (χ1v) is 7.94. The van der Waals surface area contributed by atoms with Gasteiger partial charge in [0, 0.05) is 17.1 Å². The molecule has 26 heavy (non-hydrogen) atoms. The molecule has 0 fully saturated rings. The number of aryl methyl sites for hydroxylation is 1. The van der Waals surface area contributed by atoms with Gasteiger partial charge in [-0.05, 0) is 36.8 Å². The van der Waals surface area contributed by atoms with E-state index in [0.29, 0.717) is 22.7 Å². The standard InChI is InChI=1S/C20H13F3N2O/c1-12-7-8-13-10-15-17(26)11-18(20(21,22)23)25(14-5-3-2-4-6-14)19(15)24-16(13)9-12/h2-11H,1H3. The average Bonchev–Trinajstić information content (AvgIpc) is 2.60. The summed E-state index contributed by atoms with van der Waals surface area (Å²) in [5.74, 6) is 0. The number of pyridine rings is 2. The van der Waals surface area contributed by atoms with Crippen LogP contribution in [0.1, 0.15) is 11.3 Å². The van der Waals surface area contributed by atoms with Crippen LogP contribution in [-0.4, -0.2) is 9.55 Å². The van der Waals surface area contributed by atoms with Crippen LogP contribution in [0.3, 0.4) is 0 Å². The number of para-hydroxylation sites is 1. The third-order valence-electron chi connectivity index (χ3n) is 4.24. The van der Waals surface area contributed by atoms with E-state index in [4.69, 9.17) is 0 Å². The van der Waals surface area contributed by atoms with Crippen molar-refractivity contribution in [3.63, 3.8) is 0 Å². The zero-order chi connectivity index (χ0) is 18.5. The summed E-state index contributed by atoms with van der Waals surface area (Å²) in [6.45, 7) is 1.88. The van der Waals surface area contributed by atoms with Crippen molar-refractivity contribution in [3.05, 3.63) is 82.1 Å². The molecule has 130 valence electrons. The summed E-state index contributed by atoms with van der Waals surface area (Å²) in [5, 5.41) is 0.859. The van der Waals surface area contributed by atoms with Crippen molar-refractivity contribution in [2.75, 3.05) is 0 Å². The van der Waals surface area contributed by atoms with E-state index in [9.17, 15) is 18.0 Å². The molecule has 0 aliphatic carbocycles. The number of halogens is 3. The van der Waals surface area contributed by atoms with E-state index in [0.717, 1.165) is 10.1 Å². The lowest BCUT2D eigenvalue weighted by Gasteiger charge is -2.18. The van der Waals surface area contributed by atoms with E-state index in [1.54, 1.807) is 48.5 Å². The highest BCUT2D eigenvalue weighted by atomic mass is 19.4. The molecule has 4 aromatic rings. The summed E-state index contributed by atoms with van der Waals surface area (Å²) >= 11 is 0. The molecule has 3 nitrogen and oxygen atoms in total. The van der Waals surface area contributed by atoms with Gasteiger partial charge in [0.2, 0.25) is 0 Å². The Balaban J connectivity index is 2.22. The molecule has 2 aromatic carbocycles. The molecule has 0 atom stereocenters. The predicted molar refractivity (Wildman–Crippen MR) is 94.6 cm³/mol. The minimum atomic E-state index is -4.69. The fraction of sp³-hybridized carbons (Fsp3) is 0.100. The topological polar surface area (TPSA) is 34.9 Å². The molecule has 6 heteroatoms. The average molecular weight is 354 g/mol. The van der Waals surface area contributed by atoms with Gasteiger partial charge < -0.3 is 0 Å². The molecule has 0 unspecified atom stereocenters. The zero-order valence-electron chi connectivity index (χ0n) is 13.7. The Hall–Kier alpha value is -3.15. The van der Waals surface area contributed by atoms with Gasteiger partial charge >= 0.3 is 6.18 Å². The lowest BCUT2D eigenvalue weighted by Crippen LogP contribution is -2.21. The van der Waals surface area contributed by atoms with Gasteiger partial charge in [-0.15, -0.1) is 0 Å². The molecule has 0 bridgehead atoms. The number of hydrogen-bond acceptors (Lipinski definition) is 2. The van der Waals surface area contributed by atoms with E-state index in [2.05, 4.69) is 4.98 Å². The van der Waals surface area contributed by atoms with Crippen LogP contribution in [-0.2, 0) is 6.18 Å². The molecular formula is C20H13F3N2O. The van der Waals surface area contributed by atoms with Crippen molar-refractivity contribution in [1.29, 1.82) is 0 Å². The number of aromatic nitrogens is 2. The minimum absolute atomic E-state index is 0.00544. The lowest BCUT2D eigenvalue weighted by molar-refractivity contribution is -0.142. The normalized spacial score (nSPS) is 12.0. The second-order valence-electron chi connectivity index (χ2n) is 6.12. The van der Waals surface area contributed by atoms with Gasteiger partial charge in [0.25, 0.3) is 0 Å². The van der Waals surface area contributed by atoms with Gasteiger partial charge in [0.1, 0.15) is 11.3 Å². The molecule has 2 heterocycles. The highest BCUT2D eigenvalue weighted by Crippen LogP contribution is 2.33. The Bertz CT molecular complexity index is 1200. The summed E-state index contributed by atoms with van der Waals surface area (Å²) in [7, 11) is 0. The minimum Gasteiger partial charge on any atom is -0.290 e. The maximum absolute atomic E-state index is 13.6. The Labute approximate surface area is 146 Å². The highest BCUT2D eigenvalue weighted by Gasteiger charge is 2.36. The third-order valence-corrected chi connectivity index (χ3v) is 4.24. The lowest BCUT2D eigenvalue weighted by atomic mass is 10.1. The van der Waals surface area contributed by atoms with Gasteiger partial charge in [-0.1, -0.05) is 30.3 Å². The first-order chi connectivity index (χ1) is 12.3. The number of fused-ring (bicyclic) bond motifs is 2. The van der Waals surface area contributed by atoms with Gasteiger partial charge in [-0.25, -0.2) is 4.98 Å². The zero-order valence-corrected chi connectivity index (χ0v) is 13.7.